The number of aromatic nitrogens is 1. The van der Waals surface area contributed by atoms with Crippen molar-refractivity contribution in [3.63, 3.8) is 0 Å². The summed E-state index contributed by atoms with van der Waals surface area (Å²) in [5.74, 6) is 0. The van der Waals surface area contributed by atoms with Gasteiger partial charge in [0.25, 0.3) is 0 Å². The van der Waals surface area contributed by atoms with E-state index in [0.29, 0.717) is 0 Å². The van der Waals surface area contributed by atoms with E-state index in [-0.39, 0.29) is 4.87 Å². The summed E-state index contributed by atoms with van der Waals surface area (Å²) in [5, 5.41) is 0. The highest BCUT2D eigenvalue weighted by Crippen LogP contribution is 2.29. The Kier molecular flexibility index (Phi) is 4.79. The molecule has 0 spiro atoms. The van der Waals surface area contributed by atoms with E-state index in [1.807, 2.05) is 0 Å². The summed E-state index contributed by atoms with van der Waals surface area (Å²) in [5.41, 5.74) is 5.14. The SMILES string of the molecule is CCN(CC)Cc1sc(=O)[nH]c1-c1ccc2c(c1)CCCC2. The van der Waals surface area contributed by atoms with Gasteiger partial charge in [-0.15, -0.1) is 0 Å². The number of thiazole rings is 1. The van der Waals surface area contributed by atoms with Gasteiger partial charge in [-0.1, -0.05) is 37.3 Å². The van der Waals surface area contributed by atoms with Gasteiger partial charge >= 0.3 is 4.87 Å². The van der Waals surface area contributed by atoms with E-state index in [1.54, 1.807) is 0 Å². The Morgan fingerprint density at radius 3 is 2.59 bits per heavy atom. The predicted molar refractivity (Wildman–Crippen MR) is 93.6 cm³/mol. The molecule has 3 nitrogen and oxygen atoms in total. The van der Waals surface area contributed by atoms with Crippen LogP contribution in [0.25, 0.3) is 11.3 Å². The standard InChI is InChI=1S/C18H24N2OS/c1-3-20(4-2)12-16-17(19-18(21)22-16)15-10-9-13-7-5-6-8-14(13)11-15/h9-11H,3-8,12H2,1-2H3,(H,19,21). The van der Waals surface area contributed by atoms with Gasteiger partial charge in [0.1, 0.15) is 0 Å². The number of aromatic amines is 1. The minimum Gasteiger partial charge on any atom is -0.312 e. The van der Waals surface area contributed by atoms with Gasteiger partial charge < -0.3 is 4.98 Å². The topological polar surface area (TPSA) is 36.1 Å². The summed E-state index contributed by atoms with van der Waals surface area (Å²) < 4.78 is 0. The highest BCUT2D eigenvalue weighted by Gasteiger charge is 2.15. The fourth-order valence-corrected chi connectivity index (χ4v) is 4.14. The van der Waals surface area contributed by atoms with E-state index in [9.17, 15) is 4.79 Å². The summed E-state index contributed by atoms with van der Waals surface area (Å²) in [6.45, 7) is 7.19. The van der Waals surface area contributed by atoms with Gasteiger partial charge in [-0.2, -0.15) is 0 Å². The van der Waals surface area contributed by atoms with Crippen LogP contribution in [0.5, 0.6) is 0 Å². The maximum Gasteiger partial charge on any atom is 0.305 e. The second kappa shape index (κ2) is 6.80. The number of H-pyrrole nitrogens is 1. The number of nitrogens with zero attached hydrogens (tertiary/aromatic N) is 1. The van der Waals surface area contributed by atoms with Crippen molar-refractivity contribution in [1.82, 2.24) is 9.88 Å². The Hall–Kier alpha value is -1.39. The zero-order chi connectivity index (χ0) is 15.5. The van der Waals surface area contributed by atoms with Crippen LogP contribution in [0.15, 0.2) is 23.0 Å². The minimum atomic E-state index is 0.0508. The molecule has 1 aliphatic carbocycles. The zero-order valence-corrected chi connectivity index (χ0v) is 14.3. The Morgan fingerprint density at radius 2 is 1.86 bits per heavy atom. The number of rotatable bonds is 5. The lowest BCUT2D eigenvalue weighted by molar-refractivity contribution is 0.298. The number of aryl methyl sites for hydroxylation is 2. The van der Waals surface area contributed by atoms with Crippen molar-refractivity contribution in [3.8, 4) is 11.3 Å². The van der Waals surface area contributed by atoms with Crippen LogP contribution in [0.4, 0.5) is 0 Å². The van der Waals surface area contributed by atoms with Gasteiger partial charge in [0.05, 0.1) is 5.69 Å². The monoisotopic (exact) mass is 316 g/mol. The predicted octanol–water partition coefficient (Wildman–Crippen LogP) is 3.82. The van der Waals surface area contributed by atoms with Crippen LogP contribution in [0.1, 0.15) is 42.7 Å². The largest absolute Gasteiger partial charge is 0.312 e. The molecule has 1 heterocycles. The lowest BCUT2D eigenvalue weighted by Gasteiger charge is -2.19. The van der Waals surface area contributed by atoms with Crippen LogP contribution in [0.2, 0.25) is 0 Å². The van der Waals surface area contributed by atoms with Crippen molar-refractivity contribution < 1.29 is 0 Å². The summed E-state index contributed by atoms with van der Waals surface area (Å²) in [7, 11) is 0. The van der Waals surface area contributed by atoms with Crippen molar-refractivity contribution in [2.75, 3.05) is 13.1 Å². The van der Waals surface area contributed by atoms with Crippen molar-refractivity contribution >= 4 is 11.3 Å². The zero-order valence-electron chi connectivity index (χ0n) is 13.4. The third kappa shape index (κ3) is 3.18. The lowest BCUT2D eigenvalue weighted by Crippen LogP contribution is -2.21. The third-order valence-electron chi connectivity index (χ3n) is 4.62. The fraction of sp³-hybridized carbons (Fsp3) is 0.500. The Bertz CT molecular complexity index is 697. The van der Waals surface area contributed by atoms with Crippen molar-refractivity contribution in [2.24, 2.45) is 0 Å². The van der Waals surface area contributed by atoms with Crippen molar-refractivity contribution in [2.45, 2.75) is 46.1 Å². The molecule has 0 bridgehead atoms. The first-order valence-electron chi connectivity index (χ1n) is 8.27. The van der Waals surface area contributed by atoms with Gasteiger partial charge in [0.2, 0.25) is 0 Å². The summed E-state index contributed by atoms with van der Waals surface area (Å²) in [6, 6.07) is 6.72. The Morgan fingerprint density at radius 1 is 1.14 bits per heavy atom. The molecule has 0 amide bonds. The molecule has 118 valence electrons. The molecule has 1 N–H and O–H groups in total. The molecule has 1 aromatic carbocycles. The maximum atomic E-state index is 11.9. The second-order valence-corrected chi connectivity index (χ2v) is 7.03. The lowest BCUT2D eigenvalue weighted by atomic mass is 9.90. The van der Waals surface area contributed by atoms with Crippen molar-refractivity contribution in [3.05, 3.63) is 43.9 Å². The number of hydrogen-bond donors (Lipinski definition) is 1. The smallest absolute Gasteiger partial charge is 0.305 e. The van der Waals surface area contributed by atoms with E-state index in [1.165, 1.54) is 53.7 Å². The summed E-state index contributed by atoms with van der Waals surface area (Å²) in [6.07, 6.45) is 4.95. The van der Waals surface area contributed by atoms with Crippen LogP contribution in [0.3, 0.4) is 0 Å². The van der Waals surface area contributed by atoms with Gasteiger partial charge in [-0.05, 0) is 61.5 Å². The highest BCUT2D eigenvalue weighted by molar-refractivity contribution is 7.09. The molecule has 1 aromatic heterocycles. The van der Waals surface area contributed by atoms with Gasteiger partial charge in [0.15, 0.2) is 0 Å². The first-order chi connectivity index (χ1) is 10.7. The summed E-state index contributed by atoms with van der Waals surface area (Å²) >= 11 is 1.35. The average Bonchev–Trinajstić information content (AvgIpc) is 2.92. The minimum absolute atomic E-state index is 0.0508. The molecule has 1 aliphatic rings. The highest BCUT2D eigenvalue weighted by atomic mass is 32.1. The molecule has 2 aromatic rings. The van der Waals surface area contributed by atoms with E-state index in [4.69, 9.17) is 0 Å². The van der Waals surface area contributed by atoms with Crippen molar-refractivity contribution in [1.29, 1.82) is 0 Å². The molecule has 0 radical (unpaired) electrons. The Labute approximate surface area is 136 Å². The van der Waals surface area contributed by atoms with E-state index in [2.05, 4.69) is 41.9 Å². The number of fused-ring (bicyclic) bond motifs is 1. The molecule has 0 saturated carbocycles. The molecule has 0 saturated heterocycles. The first kappa shape index (κ1) is 15.5. The maximum absolute atomic E-state index is 11.9. The van der Waals surface area contributed by atoms with Gasteiger partial charge in [0, 0.05) is 11.4 Å². The molecule has 4 heteroatoms. The molecule has 0 atom stereocenters. The Balaban J connectivity index is 1.96. The quantitative estimate of drug-likeness (QED) is 0.910. The van der Waals surface area contributed by atoms with Crippen LogP contribution in [-0.2, 0) is 19.4 Å². The molecular formula is C18H24N2OS. The van der Waals surface area contributed by atoms with Crippen LogP contribution >= 0.6 is 11.3 Å². The third-order valence-corrected chi connectivity index (χ3v) is 5.49. The number of hydrogen-bond acceptors (Lipinski definition) is 3. The normalized spacial score (nSPS) is 14.3. The molecule has 3 rings (SSSR count). The van der Waals surface area contributed by atoms with Crippen LogP contribution < -0.4 is 4.87 Å². The number of benzene rings is 1. The molecule has 22 heavy (non-hydrogen) atoms. The fourth-order valence-electron chi connectivity index (χ4n) is 3.24. The van der Waals surface area contributed by atoms with E-state index < -0.39 is 0 Å². The molecular weight excluding hydrogens is 292 g/mol. The van der Waals surface area contributed by atoms with Crippen LogP contribution in [0, 0.1) is 0 Å². The molecule has 0 fully saturated rings. The molecule has 0 unspecified atom stereocenters. The average molecular weight is 316 g/mol. The second-order valence-electron chi connectivity index (χ2n) is 5.96. The van der Waals surface area contributed by atoms with Gasteiger partial charge in [-0.3, -0.25) is 9.69 Å². The summed E-state index contributed by atoms with van der Waals surface area (Å²) in [4.78, 5) is 18.5. The van der Waals surface area contributed by atoms with Gasteiger partial charge in [-0.25, -0.2) is 0 Å². The first-order valence-corrected chi connectivity index (χ1v) is 9.09. The van der Waals surface area contributed by atoms with E-state index >= 15 is 0 Å². The van der Waals surface area contributed by atoms with Crippen LogP contribution in [-0.4, -0.2) is 23.0 Å². The molecule has 0 aliphatic heterocycles. The van der Waals surface area contributed by atoms with E-state index in [0.717, 1.165) is 30.2 Å². The number of nitrogens with one attached hydrogen (secondary N) is 1.